The maximum atomic E-state index is 10.2. The van der Waals surface area contributed by atoms with Gasteiger partial charge in [0.2, 0.25) is 0 Å². The standard InChI is InChI=1S/C15H20O6S/c1-3-18-14-12(17)13(11(16)9(2)19-14)21-15(22)20-10-7-5-4-6-8-10/h4-9,11-14,16-17H,3H2,1-2H3/t9-,11+,12-,13+,14+/m0/s1. The molecule has 0 aromatic heterocycles. The molecule has 0 unspecified atom stereocenters. The van der Waals surface area contributed by atoms with Gasteiger partial charge in [0.1, 0.15) is 18.0 Å². The monoisotopic (exact) mass is 328 g/mol. The Hall–Kier alpha value is -1.25. The van der Waals surface area contributed by atoms with E-state index < -0.39 is 30.7 Å². The van der Waals surface area contributed by atoms with Gasteiger partial charge in [0.15, 0.2) is 12.4 Å². The average Bonchev–Trinajstić information content (AvgIpc) is 2.50. The van der Waals surface area contributed by atoms with Crippen molar-refractivity contribution in [1.82, 2.24) is 0 Å². The predicted molar refractivity (Wildman–Crippen MR) is 82.5 cm³/mol. The topological polar surface area (TPSA) is 77.4 Å². The largest absolute Gasteiger partial charge is 0.447 e. The lowest BCUT2D eigenvalue weighted by Crippen LogP contribution is -2.59. The molecule has 2 rings (SSSR count). The fraction of sp³-hybridized carbons (Fsp3) is 0.533. The third-order valence-corrected chi connectivity index (χ3v) is 3.47. The summed E-state index contributed by atoms with van der Waals surface area (Å²) in [5, 5.41) is 20.2. The summed E-state index contributed by atoms with van der Waals surface area (Å²) < 4.78 is 21.5. The second-order valence-electron chi connectivity index (χ2n) is 4.89. The van der Waals surface area contributed by atoms with Crippen LogP contribution in [-0.2, 0) is 14.2 Å². The zero-order valence-electron chi connectivity index (χ0n) is 12.4. The number of hydrogen-bond donors (Lipinski definition) is 2. The Kier molecular flexibility index (Phi) is 6.10. The second-order valence-corrected chi connectivity index (χ2v) is 5.23. The molecular weight excluding hydrogens is 308 g/mol. The zero-order chi connectivity index (χ0) is 16.1. The minimum atomic E-state index is -1.18. The number of benzene rings is 1. The molecule has 0 radical (unpaired) electrons. The van der Waals surface area contributed by atoms with E-state index in [-0.39, 0.29) is 5.24 Å². The molecule has 0 bridgehead atoms. The van der Waals surface area contributed by atoms with Crippen LogP contribution in [0.5, 0.6) is 5.75 Å². The van der Waals surface area contributed by atoms with Crippen molar-refractivity contribution in [2.24, 2.45) is 0 Å². The summed E-state index contributed by atoms with van der Waals surface area (Å²) in [7, 11) is 0. The third-order valence-electron chi connectivity index (χ3n) is 3.29. The number of ether oxygens (including phenoxy) is 4. The molecule has 5 atom stereocenters. The Labute approximate surface area is 134 Å². The number of aliphatic hydroxyl groups is 2. The van der Waals surface area contributed by atoms with Crippen LogP contribution < -0.4 is 4.74 Å². The number of hydrogen-bond acceptors (Lipinski definition) is 7. The van der Waals surface area contributed by atoms with E-state index in [9.17, 15) is 10.2 Å². The summed E-state index contributed by atoms with van der Waals surface area (Å²) in [6.07, 6.45) is -4.67. The average molecular weight is 328 g/mol. The van der Waals surface area contributed by atoms with Crippen molar-refractivity contribution in [3.63, 3.8) is 0 Å². The van der Waals surface area contributed by atoms with E-state index >= 15 is 0 Å². The van der Waals surface area contributed by atoms with Crippen LogP contribution in [0.15, 0.2) is 30.3 Å². The Morgan fingerprint density at radius 3 is 2.55 bits per heavy atom. The van der Waals surface area contributed by atoms with E-state index in [1.807, 2.05) is 6.07 Å². The van der Waals surface area contributed by atoms with Gasteiger partial charge in [-0.05, 0) is 26.0 Å². The van der Waals surface area contributed by atoms with E-state index in [0.717, 1.165) is 0 Å². The van der Waals surface area contributed by atoms with Gasteiger partial charge in [-0.3, -0.25) is 0 Å². The van der Waals surface area contributed by atoms with Crippen LogP contribution in [0.25, 0.3) is 0 Å². The summed E-state index contributed by atoms with van der Waals surface area (Å²) >= 11 is 5.02. The number of rotatable bonds is 4. The molecule has 6 nitrogen and oxygen atoms in total. The molecular formula is C15H20O6S. The van der Waals surface area contributed by atoms with Crippen molar-refractivity contribution in [2.75, 3.05) is 6.61 Å². The molecule has 0 saturated carbocycles. The smallest absolute Gasteiger partial charge is 0.358 e. The number of para-hydroxylation sites is 1. The molecule has 1 aliphatic heterocycles. The van der Waals surface area contributed by atoms with Crippen molar-refractivity contribution in [1.29, 1.82) is 0 Å². The maximum absolute atomic E-state index is 10.2. The van der Waals surface area contributed by atoms with Crippen molar-refractivity contribution in [2.45, 2.75) is 44.6 Å². The number of aliphatic hydroxyl groups excluding tert-OH is 2. The molecule has 1 saturated heterocycles. The normalized spacial score (nSPS) is 31.5. The first-order valence-corrected chi connectivity index (χ1v) is 7.50. The lowest BCUT2D eigenvalue weighted by atomic mass is 10.00. The highest BCUT2D eigenvalue weighted by Gasteiger charge is 2.45. The highest BCUT2D eigenvalue weighted by Crippen LogP contribution is 2.25. The van der Waals surface area contributed by atoms with Gasteiger partial charge in [0.05, 0.1) is 6.10 Å². The predicted octanol–water partition coefficient (Wildman–Crippen LogP) is 1.24. The van der Waals surface area contributed by atoms with Gasteiger partial charge < -0.3 is 29.2 Å². The molecule has 0 aliphatic carbocycles. The molecule has 1 aliphatic rings. The van der Waals surface area contributed by atoms with Crippen molar-refractivity contribution in [3.8, 4) is 5.75 Å². The van der Waals surface area contributed by atoms with Gasteiger partial charge in [-0.1, -0.05) is 18.2 Å². The van der Waals surface area contributed by atoms with Gasteiger partial charge in [0.25, 0.3) is 0 Å². The van der Waals surface area contributed by atoms with Crippen LogP contribution in [0.3, 0.4) is 0 Å². The maximum Gasteiger partial charge on any atom is 0.358 e. The number of thiocarbonyl (C=S) groups is 1. The van der Waals surface area contributed by atoms with Gasteiger partial charge in [-0.15, -0.1) is 0 Å². The SMILES string of the molecule is CCO[C@@H]1O[C@@H](C)[C@@H](O)[C@@H](OC(=S)Oc2ccccc2)[C@@H]1O. The van der Waals surface area contributed by atoms with Crippen LogP contribution in [0.4, 0.5) is 0 Å². The van der Waals surface area contributed by atoms with Gasteiger partial charge in [0, 0.05) is 18.8 Å². The second kappa shape index (κ2) is 7.85. The van der Waals surface area contributed by atoms with E-state index in [2.05, 4.69) is 0 Å². The molecule has 1 aromatic rings. The summed E-state index contributed by atoms with van der Waals surface area (Å²) in [4.78, 5) is 0. The highest BCUT2D eigenvalue weighted by molar-refractivity contribution is 7.79. The van der Waals surface area contributed by atoms with Gasteiger partial charge >= 0.3 is 5.24 Å². The summed E-state index contributed by atoms with van der Waals surface area (Å²) in [5.74, 6) is 0.512. The Morgan fingerprint density at radius 2 is 1.91 bits per heavy atom. The van der Waals surface area contributed by atoms with Crippen LogP contribution in [0, 0.1) is 0 Å². The summed E-state index contributed by atoms with van der Waals surface area (Å²) in [6.45, 7) is 3.81. The van der Waals surface area contributed by atoms with E-state index in [0.29, 0.717) is 12.4 Å². The van der Waals surface area contributed by atoms with E-state index in [1.54, 1.807) is 38.1 Å². The molecule has 2 N–H and O–H groups in total. The van der Waals surface area contributed by atoms with Crippen LogP contribution >= 0.6 is 12.2 Å². The van der Waals surface area contributed by atoms with Crippen LogP contribution in [-0.4, -0.2) is 52.8 Å². The van der Waals surface area contributed by atoms with Crippen molar-refractivity contribution < 1.29 is 29.2 Å². The molecule has 1 aromatic carbocycles. The molecule has 7 heteroatoms. The molecule has 1 fully saturated rings. The highest BCUT2D eigenvalue weighted by atomic mass is 32.1. The first kappa shape index (κ1) is 17.1. The summed E-state index contributed by atoms with van der Waals surface area (Å²) in [5.41, 5.74) is 0. The fourth-order valence-electron chi connectivity index (χ4n) is 2.16. The van der Waals surface area contributed by atoms with Crippen LogP contribution in [0.1, 0.15) is 13.8 Å². The zero-order valence-corrected chi connectivity index (χ0v) is 13.2. The summed E-state index contributed by atoms with van der Waals surface area (Å²) in [6, 6.07) is 8.87. The van der Waals surface area contributed by atoms with Crippen molar-refractivity contribution >= 4 is 17.5 Å². The van der Waals surface area contributed by atoms with Crippen molar-refractivity contribution in [3.05, 3.63) is 30.3 Å². The lowest BCUT2D eigenvalue weighted by Gasteiger charge is -2.40. The van der Waals surface area contributed by atoms with E-state index in [1.165, 1.54) is 0 Å². The minimum Gasteiger partial charge on any atom is -0.447 e. The molecule has 22 heavy (non-hydrogen) atoms. The van der Waals surface area contributed by atoms with Gasteiger partial charge in [-0.2, -0.15) is 0 Å². The minimum absolute atomic E-state index is 0.182. The molecule has 1 heterocycles. The Bertz CT molecular complexity index is 482. The van der Waals surface area contributed by atoms with E-state index in [4.69, 9.17) is 31.2 Å². The molecule has 0 spiro atoms. The fourth-order valence-corrected chi connectivity index (χ4v) is 2.37. The molecule has 122 valence electrons. The Balaban J connectivity index is 2.00. The lowest BCUT2D eigenvalue weighted by molar-refractivity contribution is -0.290. The van der Waals surface area contributed by atoms with Crippen LogP contribution in [0.2, 0.25) is 0 Å². The quantitative estimate of drug-likeness (QED) is 0.805. The first-order valence-electron chi connectivity index (χ1n) is 7.09. The molecule has 0 amide bonds. The Morgan fingerprint density at radius 1 is 1.23 bits per heavy atom. The third kappa shape index (κ3) is 4.15. The first-order chi connectivity index (χ1) is 10.5. The van der Waals surface area contributed by atoms with Gasteiger partial charge in [-0.25, -0.2) is 0 Å².